The number of halogens is 3. The van der Waals surface area contributed by atoms with Gasteiger partial charge < -0.3 is 5.73 Å². The molecule has 1 heterocycles. The van der Waals surface area contributed by atoms with Gasteiger partial charge in [-0.15, -0.1) is 0 Å². The molecule has 0 bridgehead atoms. The van der Waals surface area contributed by atoms with E-state index >= 15 is 0 Å². The fourth-order valence-corrected chi connectivity index (χ4v) is 4.79. The second-order valence-electron chi connectivity index (χ2n) is 7.22. The Balaban J connectivity index is 1.82. The molecule has 32 heavy (non-hydrogen) atoms. The molecule has 0 radical (unpaired) electrons. The molecule has 2 aromatic carbocycles. The smallest absolute Gasteiger partial charge is 0.235 e. The van der Waals surface area contributed by atoms with Crippen molar-refractivity contribution in [2.24, 2.45) is 5.73 Å². The molecule has 1 amide bonds. The molecule has 5 nitrogen and oxygen atoms in total. The van der Waals surface area contributed by atoms with E-state index in [0.717, 1.165) is 11.6 Å². The monoisotopic (exact) mass is 477 g/mol. The molecular weight excluding hydrogens is 456 g/mol. The summed E-state index contributed by atoms with van der Waals surface area (Å²) in [4.78, 5) is 16.8. The average Bonchev–Trinajstić information content (AvgIpc) is 2.75. The first kappa shape index (κ1) is 24.0. The van der Waals surface area contributed by atoms with Crippen molar-refractivity contribution in [2.45, 2.75) is 36.7 Å². The van der Waals surface area contributed by atoms with Gasteiger partial charge in [-0.25, -0.2) is 17.3 Å². The first-order valence-electron chi connectivity index (χ1n) is 9.91. The van der Waals surface area contributed by atoms with Crippen LogP contribution in [0.5, 0.6) is 0 Å². The van der Waals surface area contributed by atoms with Crippen molar-refractivity contribution in [1.82, 2.24) is 9.29 Å². The van der Waals surface area contributed by atoms with Gasteiger partial charge in [0, 0.05) is 30.0 Å². The number of carbonyl (C=O) groups excluding carboxylic acids is 1. The summed E-state index contributed by atoms with van der Waals surface area (Å²) in [5, 5.41) is 0.500. The van der Waals surface area contributed by atoms with Crippen LogP contribution in [0.2, 0.25) is 5.02 Å². The van der Waals surface area contributed by atoms with Crippen molar-refractivity contribution in [3.63, 3.8) is 0 Å². The van der Waals surface area contributed by atoms with Gasteiger partial charge in [0.1, 0.15) is 28.7 Å². The number of hydrogen-bond acceptors (Lipinski definition) is 3. The largest absolute Gasteiger partial charge is 0.368 e. The van der Waals surface area contributed by atoms with Crippen LogP contribution >= 0.6 is 11.6 Å². The number of rotatable bonds is 10. The standard InChI is InChI=1S/C23H22ClF2N3O2S/c24-18-4-6-21(7-5-18)32(31)29(15-16-8-10-28-11-9-16)22(23(27)30)3-1-2-17-12-19(25)14-20(26)13-17/h4-14,22H,1-3,15H2,(H2,27,30). The molecule has 0 saturated carbocycles. The van der Waals surface area contributed by atoms with Crippen LogP contribution in [0.4, 0.5) is 8.78 Å². The minimum Gasteiger partial charge on any atom is -0.368 e. The summed E-state index contributed by atoms with van der Waals surface area (Å²) in [5.74, 6) is -1.95. The molecule has 2 unspecified atom stereocenters. The van der Waals surface area contributed by atoms with Crippen LogP contribution in [0, 0.1) is 11.6 Å². The molecule has 0 aliphatic carbocycles. The second-order valence-corrected chi connectivity index (χ2v) is 9.10. The van der Waals surface area contributed by atoms with E-state index < -0.39 is 34.6 Å². The number of nitrogens with zero attached hydrogens (tertiary/aromatic N) is 2. The zero-order chi connectivity index (χ0) is 23.1. The maximum atomic E-state index is 13.5. The highest BCUT2D eigenvalue weighted by Crippen LogP contribution is 2.22. The average molecular weight is 478 g/mol. The zero-order valence-corrected chi connectivity index (χ0v) is 18.7. The van der Waals surface area contributed by atoms with Crippen LogP contribution in [0.25, 0.3) is 0 Å². The number of aromatic nitrogens is 1. The van der Waals surface area contributed by atoms with E-state index in [0.29, 0.717) is 28.3 Å². The number of amides is 1. The van der Waals surface area contributed by atoms with Crippen LogP contribution < -0.4 is 5.73 Å². The molecule has 0 aliphatic rings. The van der Waals surface area contributed by atoms with E-state index in [9.17, 15) is 17.8 Å². The van der Waals surface area contributed by atoms with Gasteiger partial charge in [0.2, 0.25) is 5.91 Å². The number of primary amides is 1. The van der Waals surface area contributed by atoms with Gasteiger partial charge in [-0.3, -0.25) is 9.78 Å². The van der Waals surface area contributed by atoms with E-state index in [1.54, 1.807) is 48.8 Å². The highest BCUT2D eigenvalue weighted by atomic mass is 35.5. The van der Waals surface area contributed by atoms with Gasteiger partial charge in [-0.05, 0) is 78.9 Å². The molecule has 9 heteroatoms. The van der Waals surface area contributed by atoms with E-state index in [1.807, 2.05) is 0 Å². The molecule has 0 saturated heterocycles. The molecule has 3 aromatic rings. The number of hydrogen-bond donors (Lipinski definition) is 1. The van der Waals surface area contributed by atoms with Crippen molar-refractivity contribution in [2.75, 3.05) is 0 Å². The number of pyridine rings is 1. The van der Waals surface area contributed by atoms with Crippen molar-refractivity contribution >= 4 is 28.5 Å². The van der Waals surface area contributed by atoms with Gasteiger partial charge in [-0.1, -0.05) is 11.6 Å². The molecule has 0 aliphatic heterocycles. The van der Waals surface area contributed by atoms with Gasteiger partial charge >= 0.3 is 0 Å². The lowest BCUT2D eigenvalue weighted by Crippen LogP contribution is -2.45. The van der Waals surface area contributed by atoms with Crippen LogP contribution in [-0.2, 0) is 28.7 Å². The summed E-state index contributed by atoms with van der Waals surface area (Å²) < 4.78 is 41.8. The van der Waals surface area contributed by atoms with Gasteiger partial charge in [0.15, 0.2) is 0 Å². The Morgan fingerprint density at radius 2 is 1.66 bits per heavy atom. The van der Waals surface area contributed by atoms with Crippen LogP contribution in [-0.4, -0.2) is 25.4 Å². The number of carbonyl (C=O) groups is 1. The van der Waals surface area contributed by atoms with E-state index in [-0.39, 0.29) is 13.0 Å². The quantitative estimate of drug-likeness (QED) is 0.469. The molecule has 0 spiro atoms. The molecule has 0 fully saturated rings. The highest BCUT2D eigenvalue weighted by Gasteiger charge is 2.29. The first-order valence-corrected chi connectivity index (χ1v) is 11.4. The maximum absolute atomic E-state index is 13.5. The van der Waals surface area contributed by atoms with Gasteiger partial charge in [0.25, 0.3) is 0 Å². The fourth-order valence-electron chi connectivity index (χ4n) is 3.32. The number of aryl methyl sites for hydroxylation is 1. The Kier molecular flexibility index (Phi) is 8.44. The Morgan fingerprint density at radius 3 is 2.25 bits per heavy atom. The Labute approximate surface area is 192 Å². The third kappa shape index (κ3) is 6.66. The van der Waals surface area contributed by atoms with Gasteiger partial charge in [0.05, 0.1) is 4.90 Å². The third-order valence-electron chi connectivity index (χ3n) is 4.86. The lowest BCUT2D eigenvalue weighted by Gasteiger charge is -2.28. The summed E-state index contributed by atoms with van der Waals surface area (Å²) in [6.45, 7) is 0.194. The van der Waals surface area contributed by atoms with Crippen molar-refractivity contribution in [1.29, 1.82) is 0 Å². The minimum atomic E-state index is -1.70. The number of nitrogens with two attached hydrogens (primary N) is 1. The normalized spacial score (nSPS) is 13.1. The first-order chi connectivity index (χ1) is 15.3. The summed E-state index contributed by atoms with van der Waals surface area (Å²) in [5.41, 5.74) is 6.97. The summed E-state index contributed by atoms with van der Waals surface area (Å²) in [6.07, 6.45) is 4.24. The SMILES string of the molecule is NC(=O)C(CCCc1cc(F)cc(F)c1)N(Cc1ccncc1)S(=O)c1ccc(Cl)cc1. The minimum absolute atomic E-state index is 0.194. The summed E-state index contributed by atoms with van der Waals surface area (Å²) >= 11 is 5.94. The van der Waals surface area contributed by atoms with Gasteiger partial charge in [-0.2, -0.15) is 0 Å². The third-order valence-corrected chi connectivity index (χ3v) is 6.59. The Hall–Kier alpha value is -2.68. The molecule has 3 rings (SSSR count). The van der Waals surface area contributed by atoms with E-state index in [4.69, 9.17) is 17.3 Å². The fraction of sp³-hybridized carbons (Fsp3) is 0.217. The predicted molar refractivity (Wildman–Crippen MR) is 120 cm³/mol. The molecule has 2 N–H and O–H groups in total. The lowest BCUT2D eigenvalue weighted by molar-refractivity contribution is -0.122. The van der Waals surface area contributed by atoms with Crippen molar-refractivity contribution in [3.8, 4) is 0 Å². The number of benzene rings is 2. The molecule has 2 atom stereocenters. The van der Waals surface area contributed by atoms with Crippen molar-refractivity contribution in [3.05, 3.63) is 94.8 Å². The topological polar surface area (TPSA) is 76.3 Å². The maximum Gasteiger partial charge on any atom is 0.235 e. The predicted octanol–water partition coefficient (Wildman–Crippen LogP) is 4.41. The highest BCUT2D eigenvalue weighted by molar-refractivity contribution is 7.82. The lowest BCUT2D eigenvalue weighted by atomic mass is 10.0. The summed E-state index contributed by atoms with van der Waals surface area (Å²) in [6, 6.07) is 12.5. The zero-order valence-electron chi connectivity index (χ0n) is 17.1. The molecular formula is C23H22ClF2N3O2S. The van der Waals surface area contributed by atoms with Crippen LogP contribution in [0.3, 0.4) is 0 Å². The van der Waals surface area contributed by atoms with Crippen LogP contribution in [0.1, 0.15) is 24.0 Å². The Morgan fingerprint density at radius 1 is 1.03 bits per heavy atom. The molecule has 1 aromatic heterocycles. The van der Waals surface area contributed by atoms with E-state index in [2.05, 4.69) is 4.98 Å². The van der Waals surface area contributed by atoms with E-state index in [1.165, 1.54) is 16.4 Å². The summed E-state index contributed by atoms with van der Waals surface area (Å²) in [7, 11) is -1.70. The van der Waals surface area contributed by atoms with Crippen LogP contribution in [0.15, 0.2) is 71.9 Å². The Bertz CT molecular complexity index is 1060. The van der Waals surface area contributed by atoms with Crippen molar-refractivity contribution < 1.29 is 17.8 Å². The molecule has 168 valence electrons. The second kappa shape index (κ2) is 11.3.